The fourth-order valence-corrected chi connectivity index (χ4v) is 1.97. The molecule has 2 atom stereocenters. The van der Waals surface area contributed by atoms with Crippen molar-refractivity contribution in [3.05, 3.63) is 11.0 Å². The molecule has 58 valence electrons. The molecule has 1 N–H and O–H groups in total. The third-order valence-electron chi connectivity index (χ3n) is 1.49. The van der Waals surface area contributed by atoms with Crippen LogP contribution in [-0.2, 0) is 11.1 Å². The maximum Gasteiger partial charge on any atom is 0.182 e. The van der Waals surface area contributed by atoms with Gasteiger partial charge in [-0.3, -0.25) is 0 Å². The van der Waals surface area contributed by atoms with Gasteiger partial charge in [-0.15, -0.1) is 11.6 Å². The molecule has 1 rings (SSSR count). The van der Waals surface area contributed by atoms with Gasteiger partial charge in [0.1, 0.15) is 0 Å². The van der Waals surface area contributed by atoms with Gasteiger partial charge in [0.15, 0.2) is 11.1 Å². The molecule has 0 aromatic rings. The van der Waals surface area contributed by atoms with Crippen LogP contribution < -0.4 is 0 Å². The average Bonchev–Trinajstić information content (AvgIpc) is 1.88. The van der Waals surface area contributed by atoms with Crippen LogP contribution in [0.25, 0.3) is 0 Å². The highest BCUT2D eigenvalue weighted by atomic mass is 35.5. The minimum absolute atomic E-state index is 0.0418. The molecule has 0 radical (unpaired) electrons. The van der Waals surface area contributed by atoms with Crippen molar-refractivity contribution in [3.63, 3.8) is 0 Å². The van der Waals surface area contributed by atoms with Crippen molar-refractivity contribution in [2.75, 3.05) is 0 Å². The van der Waals surface area contributed by atoms with Gasteiger partial charge in [0, 0.05) is 4.91 Å². The monoisotopic (exact) mass is 180 g/mol. The van der Waals surface area contributed by atoms with Crippen LogP contribution in [0, 0.1) is 0 Å². The summed E-state index contributed by atoms with van der Waals surface area (Å²) in [7, 11) is 0. The molecular weight excluding hydrogens is 172 g/mol. The predicted molar refractivity (Wildman–Crippen MR) is 42.3 cm³/mol. The Bertz CT molecular complexity index is 179. The third-order valence-corrected chi connectivity index (χ3v) is 2.63. The lowest BCUT2D eigenvalue weighted by atomic mass is 10.1. The molecule has 0 amide bonds. The van der Waals surface area contributed by atoms with Gasteiger partial charge in [0.05, 0.1) is 5.38 Å². The molecule has 4 heteroatoms. The van der Waals surface area contributed by atoms with Gasteiger partial charge in [0.25, 0.3) is 0 Å². The molecule has 0 aromatic heterocycles. The topological polar surface area (TPSA) is 37.3 Å². The van der Waals surface area contributed by atoms with E-state index >= 15 is 0 Å². The van der Waals surface area contributed by atoms with Crippen molar-refractivity contribution in [2.24, 2.45) is 0 Å². The highest BCUT2D eigenvalue weighted by molar-refractivity contribution is 7.83. The first kappa shape index (κ1) is 8.24. The predicted octanol–water partition coefficient (Wildman–Crippen LogP) is 1.88. The molecule has 0 aromatic carbocycles. The van der Waals surface area contributed by atoms with Crippen LogP contribution >= 0.6 is 11.6 Å². The van der Waals surface area contributed by atoms with E-state index in [1.165, 1.54) is 0 Å². The summed E-state index contributed by atoms with van der Waals surface area (Å²) < 4.78 is 19.1. The van der Waals surface area contributed by atoms with E-state index in [0.717, 1.165) is 12.8 Å². The Morgan fingerprint density at radius 3 is 2.90 bits per heavy atom. The summed E-state index contributed by atoms with van der Waals surface area (Å²) in [6.07, 6.45) is 4.24. The van der Waals surface area contributed by atoms with Crippen LogP contribution in [0.3, 0.4) is 0 Å². The number of hydrogen-bond donors (Lipinski definition) is 1. The summed E-state index contributed by atoms with van der Waals surface area (Å²) in [5, 5.41) is -0.0418. The first-order valence-corrected chi connectivity index (χ1v) is 4.70. The third kappa shape index (κ3) is 2.08. The van der Waals surface area contributed by atoms with Crippen molar-refractivity contribution in [1.29, 1.82) is 0 Å². The van der Waals surface area contributed by atoms with Gasteiger partial charge in [-0.1, -0.05) is 6.08 Å². The molecule has 0 bridgehead atoms. The highest BCUT2D eigenvalue weighted by Crippen LogP contribution is 2.22. The van der Waals surface area contributed by atoms with E-state index in [1.54, 1.807) is 6.08 Å². The quantitative estimate of drug-likeness (QED) is 0.494. The summed E-state index contributed by atoms with van der Waals surface area (Å²) in [5.41, 5.74) is 0. The molecule has 0 fully saturated rings. The number of hydrogen-bond acceptors (Lipinski definition) is 1. The van der Waals surface area contributed by atoms with Crippen molar-refractivity contribution in [3.8, 4) is 0 Å². The Hall–Kier alpha value is 0.140. The summed E-state index contributed by atoms with van der Waals surface area (Å²) in [6, 6.07) is 0. The lowest BCUT2D eigenvalue weighted by molar-refractivity contribution is 0.565. The fraction of sp³-hybridized carbons (Fsp3) is 0.667. The molecule has 2 nitrogen and oxygen atoms in total. The first-order chi connectivity index (χ1) is 4.70. The fourth-order valence-electron chi connectivity index (χ4n) is 0.985. The molecule has 1 aliphatic rings. The molecular formula is C6H9ClO2S. The van der Waals surface area contributed by atoms with Crippen LogP contribution in [0.15, 0.2) is 11.0 Å². The van der Waals surface area contributed by atoms with Gasteiger partial charge >= 0.3 is 0 Å². The minimum Gasteiger partial charge on any atom is -0.302 e. The minimum atomic E-state index is -1.80. The largest absolute Gasteiger partial charge is 0.302 e. The Labute approximate surface area is 67.5 Å². The summed E-state index contributed by atoms with van der Waals surface area (Å²) in [4.78, 5) is 0.575. The van der Waals surface area contributed by atoms with Crippen molar-refractivity contribution >= 4 is 22.7 Å². The molecule has 1 aliphatic carbocycles. The lowest BCUT2D eigenvalue weighted by Crippen LogP contribution is -2.06. The van der Waals surface area contributed by atoms with Crippen LogP contribution in [0.4, 0.5) is 0 Å². The molecule has 10 heavy (non-hydrogen) atoms. The van der Waals surface area contributed by atoms with E-state index < -0.39 is 11.1 Å². The standard InChI is InChI=1S/C6H9ClO2S/c7-5-2-1-3-6(4-5)10(8)9/h4-5H,1-3H2,(H,8,9). The van der Waals surface area contributed by atoms with E-state index in [2.05, 4.69) is 0 Å². The zero-order valence-corrected chi connectivity index (χ0v) is 6.99. The maximum atomic E-state index is 10.5. The van der Waals surface area contributed by atoms with E-state index in [9.17, 15) is 4.21 Å². The van der Waals surface area contributed by atoms with Gasteiger partial charge in [-0.25, -0.2) is 4.21 Å². The SMILES string of the molecule is O=S(O)C1=CC(Cl)CCC1. The number of alkyl halides is 1. The zero-order valence-electron chi connectivity index (χ0n) is 5.42. The average molecular weight is 181 g/mol. The second-order valence-corrected chi connectivity index (χ2v) is 3.87. The summed E-state index contributed by atoms with van der Waals surface area (Å²) in [5.74, 6) is 0. The maximum absolute atomic E-state index is 10.5. The first-order valence-electron chi connectivity index (χ1n) is 3.16. The second kappa shape index (κ2) is 3.51. The second-order valence-electron chi connectivity index (χ2n) is 2.29. The summed E-state index contributed by atoms with van der Waals surface area (Å²) in [6.45, 7) is 0. The molecule has 0 saturated heterocycles. The van der Waals surface area contributed by atoms with Crippen LogP contribution in [-0.4, -0.2) is 14.1 Å². The van der Waals surface area contributed by atoms with Crippen molar-refractivity contribution in [2.45, 2.75) is 24.6 Å². The molecule has 0 saturated carbocycles. The van der Waals surface area contributed by atoms with Crippen molar-refractivity contribution < 1.29 is 8.76 Å². The highest BCUT2D eigenvalue weighted by Gasteiger charge is 2.13. The normalized spacial score (nSPS) is 29.4. The number of allylic oxidation sites excluding steroid dienone is 2. The molecule has 0 aliphatic heterocycles. The van der Waals surface area contributed by atoms with Gasteiger partial charge in [-0.05, 0) is 19.3 Å². The zero-order chi connectivity index (χ0) is 7.56. The Morgan fingerprint density at radius 1 is 1.80 bits per heavy atom. The van der Waals surface area contributed by atoms with E-state index in [1.807, 2.05) is 0 Å². The smallest absolute Gasteiger partial charge is 0.182 e. The van der Waals surface area contributed by atoms with Crippen LogP contribution in [0.5, 0.6) is 0 Å². The van der Waals surface area contributed by atoms with Crippen molar-refractivity contribution in [1.82, 2.24) is 0 Å². The van der Waals surface area contributed by atoms with Crippen LogP contribution in [0.1, 0.15) is 19.3 Å². The number of rotatable bonds is 1. The van der Waals surface area contributed by atoms with E-state index in [0.29, 0.717) is 11.3 Å². The molecule has 2 unspecified atom stereocenters. The van der Waals surface area contributed by atoms with Crippen LogP contribution in [0.2, 0.25) is 0 Å². The molecule has 0 heterocycles. The summed E-state index contributed by atoms with van der Waals surface area (Å²) >= 11 is 3.94. The Morgan fingerprint density at radius 2 is 2.50 bits per heavy atom. The number of halogens is 1. The Kier molecular flexibility index (Phi) is 2.89. The van der Waals surface area contributed by atoms with E-state index in [4.69, 9.17) is 16.2 Å². The Balaban J connectivity index is 2.66. The van der Waals surface area contributed by atoms with Gasteiger partial charge in [-0.2, -0.15) is 0 Å². The van der Waals surface area contributed by atoms with Gasteiger partial charge in [0.2, 0.25) is 0 Å². The van der Waals surface area contributed by atoms with E-state index in [-0.39, 0.29) is 5.38 Å². The van der Waals surface area contributed by atoms with Gasteiger partial charge < -0.3 is 4.55 Å². The lowest BCUT2D eigenvalue weighted by Gasteiger charge is -2.12. The molecule has 0 spiro atoms.